The highest BCUT2D eigenvalue weighted by molar-refractivity contribution is 7.93. The van der Waals surface area contributed by atoms with Crippen molar-refractivity contribution in [1.29, 1.82) is 0 Å². The number of nitrogens with one attached hydrogen (secondary N) is 2. The molecule has 1 aliphatic heterocycles. The van der Waals surface area contributed by atoms with Gasteiger partial charge in [0.05, 0.1) is 59.0 Å². The second kappa shape index (κ2) is 14.7. The first kappa shape index (κ1) is 36.4. The predicted octanol–water partition coefficient (Wildman–Crippen LogP) is 4.07. The van der Waals surface area contributed by atoms with E-state index in [1.54, 1.807) is 98.0 Å². The summed E-state index contributed by atoms with van der Waals surface area (Å²) >= 11 is 0. The summed E-state index contributed by atoms with van der Waals surface area (Å²) in [4.78, 5) is 26.4. The van der Waals surface area contributed by atoms with E-state index in [-0.39, 0.29) is 31.9 Å². The Labute approximate surface area is 300 Å². The van der Waals surface area contributed by atoms with Crippen molar-refractivity contribution >= 4 is 42.2 Å². The first-order chi connectivity index (χ1) is 24.8. The minimum atomic E-state index is -4.39. The SMILES string of the molecule is C1COCCO1.Cc1c(NS(=O)(=O)c2cccc3c(S(=O)(=O)Nc4c(C)n(C)n(-c5ccccc5)c4=O)cccc23)c(=O)n(-c2ccccc2)n1C. The summed E-state index contributed by atoms with van der Waals surface area (Å²) in [6.45, 7) is 6.35. The lowest BCUT2D eigenvalue weighted by atomic mass is 10.1. The minimum Gasteiger partial charge on any atom is -0.377 e. The maximum absolute atomic E-state index is 13.8. The van der Waals surface area contributed by atoms with Crippen molar-refractivity contribution < 1.29 is 26.3 Å². The van der Waals surface area contributed by atoms with E-state index in [0.717, 1.165) is 26.4 Å². The highest BCUT2D eigenvalue weighted by atomic mass is 32.2. The average Bonchev–Trinajstić information content (AvgIpc) is 3.49. The van der Waals surface area contributed by atoms with Crippen LogP contribution in [0, 0.1) is 13.8 Å². The molecule has 0 spiro atoms. The van der Waals surface area contributed by atoms with Gasteiger partial charge < -0.3 is 9.47 Å². The van der Waals surface area contributed by atoms with Crippen LogP contribution in [0.15, 0.2) is 116 Å². The first-order valence-electron chi connectivity index (χ1n) is 16.2. The normalized spacial score (nSPS) is 13.4. The zero-order chi connectivity index (χ0) is 37.2. The monoisotopic (exact) mass is 746 g/mol. The topological polar surface area (TPSA) is 165 Å². The average molecular weight is 747 g/mol. The highest BCUT2D eigenvalue weighted by Gasteiger charge is 2.27. The van der Waals surface area contributed by atoms with Gasteiger partial charge in [-0.2, -0.15) is 0 Å². The van der Waals surface area contributed by atoms with Gasteiger partial charge in [0, 0.05) is 24.9 Å². The molecule has 1 aliphatic rings. The zero-order valence-electron chi connectivity index (χ0n) is 28.9. The Kier molecular flexibility index (Phi) is 10.3. The van der Waals surface area contributed by atoms with E-state index in [4.69, 9.17) is 9.47 Å². The van der Waals surface area contributed by atoms with Gasteiger partial charge in [-0.3, -0.25) is 28.4 Å². The van der Waals surface area contributed by atoms with Crippen molar-refractivity contribution in [2.24, 2.45) is 14.1 Å². The molecule has 1 saturated heterocycles. The number of benzene rings is 4. The molecule has 4 aromatic carbocycles. The third-order valence-electron chi connectivity index (χ3n) is 8.75. The van der Waals surface area contributed by atoms with Gasteiger partial charge in [0.1, 0.15) is 11.4 Å². The minimum absolute atomic E-state index is 0.112. The molecule has 2 aromatic heterocycles. The third kappa shape index (κ3) is 6.92. The molecule has 6 aromatic rings. The number of aromatic nitrogens is 4. The van der Waals surface area contributed by atoms with Crippen LogP contribution >= 0.6 is 0 Å². The van der Waals surface area contributed by atoms with Crippen molar-refractivity contribution in [3.8, 4) is 11.4 Å². The van der Waals surface area contributed by atoms with Gasteiger partial charge in [-0.25, -0.2) is 26.2 Å². The number of ether oxygens (including phenoxy) is 2. The van der Waals surface area contributed by atoms with Crippen molar-refractivity contribution in [1.82, 2.24) is 18.7 Å². The number of hydrogen-bond donors (Lipinski definition) is 2. The van der Waals surface area contributed by atoms with E-state index in [9.17, 15) is 26.4 Å². The number of hydrogen-bond acceptors (Lipinski definition) is 8. The van der Waals surface area contributed by atoms with Crippen LogP contribution in [0.3, 0.4) is 0 Å². The summed E-state index contributed by atoms with van der Waals surface area (Å²) in [7, 11) is -5.48. The highest BCUT2D eigenvalue weighted by Crippen LogP contribution is 2.31. The first-order valence-corrected chi connectivity index (χ1v) is 19.2. The summed E-state index contributed by atoms with van der Waals surface area (Å²) in [6, 6.07) is 26.1. The molecule has 7 rings (SSSR count). The molecule has 0 saturated carbocycles. The second-order valence-corrected chi connectivity index (χ2v) is 15.2. The molecule has 14 nitrogen and oxygen atoms in total. The van der Waals surface area contributed by atoms with Crippen LogP contribution in [0.4, 0.5) is 11.4 Å². The number of para-hydroxylation sites is 2. The van der Waals surface area contributed by atoms with Gasteiger partial charge in [0.25, 0.3) is 31.2 Å². The molecule has 272 valence electrons. The molecule has 16 heteroatoms. The lowest BCUT2D eigenvalue weighted by Crippen LogP contribution is -2.23. The Hall–Kier alpha value is -5.42. The van der Waals surface area contributed by atoms with Gasteiger partial charge >= 0.3 is 0 Å². The van der Waals surface area contributed by atoms with Gasteiger partial charge in [-0.15, -0.1) is 0 Å². The second-order valence-electron chi connectivity index (χ2n) is 11.9. The van der Waals surface area contributed by atoms with Gasteiger partial charge in [0.15, 0.2) is 0 Å². The fourth-order valence-electron chi connectivity index (χ4n) is 5.91. The van der Waals surface area contributed by atoms with Crippen molar-refractivity contribution in [3.05, 3.63) is 129 Å². The Bertz CT molecular complexity index is 2400. The lowest BCUT2D eigenvalue weighted by Gasteiger charge is -2.13. The number of anilines is 2. The molecule has 0 aliphatic carbocycles. The molecule has 0 radical (unpaired) electrons. The molecular weight excluding hydrogens is 709 g/mol. The third-order valence-corrected chi connectivity index (χ3v) is 11.6. The van der Waals surface area contributed by atoms with Gasteiger partial charge in [-0.1, -0.05) is 60.7 Å². The van der Waals surface area contributed by atoms with E-state index >= 15 is 0 Å². The fourth-order valence-corrected chi connectivity index (χ4v) is 8.59. The van der Waals surface area contributed by atoms with E-state index in [1.807, 2.05) is 0 Å². The van der Waals surface area contributed by atoms with Crippen LogP contribution < -0.4 is 20.6 Å². The van der Waals surface area contributed by atoms with Gasteiger partial charge in [0.2, 0.25) is 0 Å². The Morgan fingerprint density at radius 1 is 0.519 bits per heavy atom. The molecule has 0 amide bonds. The quantitative estimate of drug-likeness (QED) is 0.236. The molecule has 52 heavy (non-hydrogen) atoms. The number of sulfonamides is 2. The summed E-state index contributed by atoms with van der Waals surface area (Å²) in [5.74, 6) is 0. The van der Waals surface area contributed by atoms with Crippen LogP contribution in [-0.4, -0.2) is 62.0 Å². The van der Waals surface area contributed by atoms with Crippen molar-refractivity contribution in [2.45, 2.75) is 23.6 Å². The number of rotatable bonds is 8. The van der Waals surface area contributed by atoms with Crippen LogP contribution in [0.25, 0.3) is 22.1 Å². The predicted molar refractivity (Wildman–Crippen MR) is 199 cm³/mol. The smallest absolute Gasteiger partial charge is 0.296 e. The summed E-state index contributed by atoms with van der Waals surface area (Å²) < 4.78 is 75.8. The Morgan fingerprint density at radius 2 is 0.865 bits per heavy atom. The standard InChI is InChI=1S/C32H30N6O6S2.C4H8O2/c1-21-29(31(39)37(35(21)3)23-13-7-5-8-14-23)33-45(41,42)27-19-11-18-26-25(27)17-12-20-28(26)46(43,44)34-30-22(2)36(4)38(32(30)40)24-15-9-6-10-16-24;1-2-6-4-3-5-1/h5-20,33-34H,1-4H3;1-4H2. The van der Waals surface area contributed by atoms with E-state index in [0.29, 0.717) is 22.8 Å². The maximum atomic E-state index is 13.8. The molecule has 3 heterocycles. The van der Waals surface area contributed by atoms with Crippen LogP contribution in [0.2, 0.25) is 0 Å². The number of nitrogens with zero attached hydrogens (tertiary/aromatic N) is 4. The maximum Gasteiger partial charge on any atom is 0.296 e. The molecule has 1 fully saturated rings. The van der Waals surface area contributed by atoms with Crippen molar-refractivity contribution in [3.63, 3.8) is 0 Å². The van der Waals surface area contributed by atoms with E-state index in [2.05, 4.69) is 9.44 Å². The van der Waals surface area contributed by atoms with E-state index in [1.165, 1.54) is 45.8 Å². The van der Waals surface area contributed by atoms with Gasteiger partial charge in [-0.05, 0) is 50.2 Å². The molecule has 2 N–H and O–H groups in total. The van der Waals surface area contributed by atoms with E-state index < -0.39 is 31.2 Å². The van der Waals surface area contributed by atoms with Crippen LogP contribution in [0.5, 0.6) is 0 Å². The molecule has 0 unspecified atom stereocenters. The fraction of sp³-hybridized carbons (Fsp3) is 0.222. The molecule has 0 atom stereocenters. The Balaban J connectivity index is 0.000000703. The summed E-state index contributed by atoms with van der Waals surface area (Å²) in [6.07, 6.45) is 0. The molecule has 0 bridgehead atoms. The largest absolute Gasteiger partial charge is 0.377 e. The zero-order valence-corrected chi connectivity index (χ0v) is 30.6. The summed E-state index contributed by atoms with van der Waals surface area (Å²) in [5.41, 5.74) is 0.462. The Morgan fingerprint density at radius 3 is 1.19 bits per heavy atom. The lowest BCUT2D eigenvalue weighted by molar-refractivity contribution is -0.0334. The van der Waals surface area contributed by atoms with Crippen molar-refractivity contribution in [2.75, 3.05) is 35.9 Å². The number of fused-ring (bicyclic) bond motifs is 1. The van der Waals surface area contributed by atoms with Crippen LogP contribution in [0.1, 0.15) is 11.4 Å². The molecular formula is C36H38N6O8S2. The summed E-state index contributed by atoms with van der Waals surface area (Å²) in [5, 5.41) is 0.225. The van der Waals surface area contributed by atoms with Crippen LogP contribution in [-0.2, 0) is 43.6 Å².